The number of rotatable bonds is 6. The Morgan fingerprint density at radius 2 is 1.53 bits per heavy atom. The van der Waals surface area contributed by atoms with Crippen LogP contribution in [0, 0.1) is 6.92 Å². The Morgan fingerprint density at radius 3 is 2.26 bits per heavy atom. The summed E-state index contributed by atoms with van der Waals surface area (Å²) in [5.74, 6) is -1.01. The molecule has 2 heterocycles. The normalized spacial score (nSPS) is 11.1. The lowest BCUT2D eigenvalue weighted by Crippen LogP contribution is -2.27. The first-order valence-electron chi connectivity index (χ1n) is 10.7. The molecule has 7 heteroatoms. The molecule has 5 rings (SSSR count). The molecule has 3 aromatic carbocycles. The quantitative estimate of drug-likeness (QED) is 0.259. The third-order valence-electron chi connectivity index (χ3n) is 5.67. The number of benzene rings is 3. The molecule has 0 fully saturated rings. The molecule has 0 unspecified atom stereocenters. The molecule has 0 saturated heterocycles. The first-order valence-corrected chi connectivity index (χ1v) is 11.6. The van der Waals surface area contributed by atoms with Crippen LogP contribution in [0.4, 0.5) is 0 Å². The molecule has 0 spiro atoms. The van der Waals surface area contributed by atoms with E-state index < -0.39 is 12.6 Å². The Morgan fingerprint density at radius 1 is 0.882 bits per heavy atom. The first-order chi connectivity index (χ1) is 16.5. The molecule has 0 N–H and O–H groups in total. The van der Waals surface area contributed by atoms with Gasteiger partial charge in [-0.15, -0.1) is 11.3 Å². The molecule has 0 atom stereocenters. The maximum absolute atomic E-state index is 13.0. The van der Waals surface area contributed by atoms with E-state index in [4.69, 9.17) is 4.74 Å². The van der Waals surface area contributed by atoms with E-state index in [0.717, 1.165) is 21.2 Å². The summed E-state index contributed by atoms with van der Waals surface area (Å²) in [7, 11) is 0. The van der Waals surface area contributed by atoms with E-state index in [2.05, 4.69) is 5.10 Å². The van der Waals surface area contributed by atoms with Crippen molar-refractivity contribution in [3.63, 3.8) is 0 Å². The van der Waals surface area contributed by atoms with E-state index >= 15 is 0 Å². The van der Waals surface area contributed by atoms with E-state index in [-0.39, 0.29) is 23.6 Å². The molecule has 0 aliphatic heterocycles. The number of carbonyl (C=O) groups is 2. The van der Waals surface area contributed by atoms with Gasteiger partial charge in [0, 0.05) is 10.1 Å². The van der Waals surface area contributed by atoms with E-state index in [0.29, 0.717) is 15.6 Å². The van der Waals surface area contributed by atoms with Crippen molar-refractivity contribution in [3.8, 4) is 0 Å². The second kappa shape index (κ2) is 9.03. The summed E-state index contributed by atoms with van der Waals surface area (Å²) < 4.78 is 7.65. The zero-order valence-electron chi connectivity index (χ0n) is 18.4. The number of hydrogen-bond acceptors (Lipinski definition) is 6. The van der Waals surface area contributed by atoms with E-state index in [9.17, 15) is 14.4 Å². The molecular formula is C27H20N2O4S. The molecule has 6 nitrogen and oxygen atoms in total. The van der Waals surface area contributed by atoms with Gasteiger partial charge in [0.25, 0.3) is 5.56 Å². The van der Waals surface area contributed by atoms with Gasteiger partial charge in [0.1, 0.15) is 0 Å². The number of fused-ring (bicyclic) bond motifs is 2. The van der Waals surface area contributed by atoms with Gasteiger partial charge in [-0.2, -0.15) is 5.10 Å². The highest BCUT2D eigenvalue weighted by Gasteiger charge is 2.21. The van der Waals surface area contributed by atoms with Gasteiger partial charge >= 0.3 is 5.97 Å². The van der Waals surface area contributed by atoms with Crippen molar-refractivity contribution in [2.45, 2.75) is 13.5 Å². The lowest BCUT2D eigenvalue weighted by atomic mass is 10.1. The number of aryl methyl sites for hydroxylation is 1. The highest BCUT2D eigenvalue weighted by atomic mass is 32.1. The van der Waals surface area contributed by atoms with Gasteiger partial charge in [0.05, 0.1) is 16.8 Å². The number of carbonyl (C=O) groups excluding carboxylic acids is 2. The molecule has 5 aromatic rings. The molecule has 168 valence electrons. The van der Waals surface area contributed by atoms with Crippen LogP contribution in [-0.2, 0) is 11.3 Å². The van der Waals surface area contributed by atoms with E-state index in [1.165, 1.54) is 16.0 Å². The summed E-state index contributed by atoms with van der Waals surface area (Å²) in [5, 5.41) is 6.10. The number of esters is 1. The highest BCUT2D eigenvalue weighted by molar-refractivity contribution is 7.21. The minimum Gasteiger partial charge on any atom is -0.452 e. The van der Waals surface area contributed by atoms with Gasteiger partial charge in [0.15, 0.2) is 12.3 Å². The maximum atomic E-state index is 13.0. The summed E-state index contributed by atoms with van der Waals surface area (Å²) in [5.41, 5.74) is 1.46. The minimum atomic E-state index is -0.745. The summed E-state index contributed by atoms with van der Waals surface area (Å²) in [6.07, 6.45) is 0. The topological polar surface area (TPSA) is 78.3 Å². The number of nitrogens with zero attached hydrogens (tertiary/aromatic N) is 2. The average molecular weight is 469 g/mol. The summed E-state index contributed by atoms with van der Waals surface area (Å²) >= 11 is 1.39. The molecule has 2 aromatic heterocycles. The van der Waals surface area contributed by atoms with Crippen molar-refractivity contribution in [1.82, 2.24) is 9.78 Å². The van der Waals surface area contributed by atoms with Crippen LogP contribution in [0.1, 0.15) is 31.3 Å². The fourth-order valence-electron chi connectivity index (χ4n) is 3.95. The fraction of sp³-hybridized carbons (Fsp3) is 0.111. The maximum Gasteiger partial charge on any atom is 0.359 e. The van der Waals surface area contributed by atoms with Crippen LogP contribution < -0.4 is 5.56 Å². The van der Waals surface area contributed by atoms with Crippen molar-refractivity contribution in [2.75, 3.05) is 6.61 Å². The Labute approximate surface area is 199 Å². The predicted octanol–water partition coefficient (Wildman–Crippen LogP) is 5.01. The van der Waals surface area contributed by atoms with Crippen LogP contribution in [0.25, 0.3) is 20.9 Å². The van der Waals surface area contributed by atoms with Crippen LogP contribution >= 0.6 is 11.3 Å². The zero-order valence-corrected chi connectivity index (χ0v) is 19.2. The second-order valence-corrected chi connectivity index (χ2v) is 8.95. The molecule has 0 saturated carbocycles. The molecule has 0 aliphatic rings. The van der Waals surface area contributed by atoms with Gasteiger partial charge in [-0.25, -0.2) is 9.48 Å². The number of thiophene rings is 1. The Kier molecular flexibility index (Phi) is 5.77. The van der Waals surface area contributed by atoms with Crippen LogP contribution in [0.15, 0.2) is 83.7 Å². The predicted molar refractivity (Wildman–Crippen MR) is 133 cm³/mol. The molecule has 0 radical (unpaired) electrons. The van der Waals surface area contributed by atoms with Crippen LogP contribution in [0.2, 0.25) is 0 Å². The standard InChI is InChI=1S/C27H20N2O4S/c1-17-19-11-7-8-14-23(19)34-25(17)22(30)16-33-27(32)24-20-12-5-6-13-21(20)26(31)29(28-24)15-18-9-3-2-4-10-18/h2-14H,15-16H2,1H3. The second-order valence-electron chi connectivity index (χ2n) is 7.89. The number of ketones is 1. The first kappa shape index (κ1) is 21.7. The molecule has 34 heavy (non-hydrogen) atoms. The highest BCUT2D eigenvalue weighted by Crippen LogP contribution is 2.31. The van der Waals surface area contributed by atoms with Gasteiger partial charge in [-0.3, -0.25) is 9.59 Å². The van der Waals surface area contributed by atoms with Gasteiger partial charge in [0.2, 0.25) is 5.78 Å². The van der Waals surface area contributed by atoms with Crippen molar-refractivity contribution in [2.24, 2.45) is 0 Å². The van der Waals surface area contributed by atoms with Gasteiger partial charge in [-0.05, 0) is 35.6 Å². The fourth-order valence-corrected chi connectivity index (χ4v) is 5.09. The Bertz CT molecular complexity index is 1600. The smallest absolute Gasteiger partial charge is 0.359 e. The molecule has 0 bridgehead atoms. The zero-order chi connectivity index (χ0) is 23.7. The van der Waals surface area contributed by atoms with E-state index in [1.54, 1.807) is 24.3 Å². The van der Waals surface area contributed by atoms with Crippen molar-refractivity contribution < 1.29 is 14.3 Å². The largest absolute Gasteiger partial charge is 0.452 e. The summed E-state index contributed by atoms with van der Waals surface area (Å²) in [6, 6.07) is 24.0. The van der Waals surface area contributed by atoms with Crippen LogP contribution in [-0.4, -0.2) is 28.1 Å². The Hall–Kier alpha value is -4.10. The number of Topliss-reactive ketones (excluding diaryl/α,β-unsaturated/α-hetero) is 1. The minimum absolute atomic E-state index is 0.00648. The lowest BCUT2D eigenvalue weighted by molar-refractivity contribution is 0.0469. The Balaban J connectivity index is 1.44. The van der Waals surface area contributed by atoms with Crippen LogP contribution in [0.3, 0.4) is 0 Å². The number of hydrogen-bond donors (Lipinski definition) is 0. The number of aromatic nitrogens is 2. The van der Waals surface area contributed by atoms with Crippen molar-refractivity contribution >= 4 is 43.9 Å². The summed E-state index contributed by atoms with van der Waals surface area (Å²) in [6.45, 7) is 1.70. The van der Waals surface area contributed by atoms with Crippen LogP contribution in [0.5, 0.6) is 0 Å². The van der Waals surface area contributed by atoms with Crippen molar-refractivity contribution in [1.29, 1.82) is 0 Å². The average Bonchev–Trinajstić information content (AvgIpc) is 3.21. The monoisotopic (exact) mass is 468 g/mol. The third-order valence-corrected chi connectivity index (χ3v) is 6.98. The third kappa shape index (κ3) is 4.02. The molecule has 0 amide bonds. The van der Waals surface area contributed by atoms with Crippen molar-refractivity contribution in [3.05, 3.63) is 111 Å². The molecular weight excluding hydrogens is 448 g/mol. The van der Waals surface area contributed by atoms with Gasteiger partial charge in [-0.1, -0.05) is 66.7 Å². The lowest BCUT2D eigenvalue weighted by Gasteiger charge is -2.11. The van der Waals surface area contributed by atoms with E-state index in [1.807, 2.05) is 61.5 Å². The SMILES string of the molecule is Cc1c(C(=O)COC(=O)c2nn(Cc3ccccc3)c(=O)c3ccccc23)sc2ccccc12. The van der Waals surface area contributed by atoms with Gasteiger partial charge < -0.3 is 4.74 Å². The molecule has 0 aliphatic carbocycles. The number of ether oxygens (including phenoxy) is 1. The summed E-state index contributed by atoms with van der Waals surface area (Å²) in [4.78, 5) is 39.4.